The van der Waals surface area contributed by atoms with Gasteiger partial charge in [0.2, 0.25) is 0 Å². The van der Waals surface area contributed by atoms with Crippen LogP contribution in [0.5, 0.6) is 0 Å². The monoisotopic (exact) mass is 233 g/mol. The third-order valence-electron chi connectivity index (χ3n) is 3.36. The molecule has 0 aromatic heterocycles. The van der Waals surface area contributed by atoms with Crippen LogP contribution in [0.15, 0.2) is 24.3 Å². The van der Waals surface area contributed by atoms with Crippen LogP contribution in [0.1, 0.15) is 56.7 Å². The molecule has 0 aliphatic rings. The summed E-state index contributed by atoms with van der Waals surface area (Å²) in [5.41, 5.74) is 2.56. The minimum atomic E-state index is 0.137. The Kier molecular flexibility index (Phi) is 5.36. The number of ketones is 1. The first-order valence-corrected chi connectivity index (χ1v) is 6.35. The van der Waals surface area contributed by atoms with E-state index in [4.69, 9.17) is 0 Å². The molecule has 17 heavy (non-hydrogen) atoms. The number of Topliss-reactive ketones (excluding diaryl/α,β-unsaturated/α-hetero) is 1. The molecule has 2 heteroatoms. The molecule has 0 fully saturated rings. The summed E-state index contributed by atoms with van der Waals surface area (Å²) >= 11 is 0. The first-order chi connectivity index (χ1) is 8.08. The van der Waals surface area contributed by atoms with Gasteiger partial charge in [0.05, 0.1) is 0 Å². The highest BCUT2D eigenvalue weighted by Crippen LogP contribution is 2.22. The van der Waals surface area contributed by atoms with Crippen LogP contribution in [0, 0.1) is 0 Å². The number of nitrogens with one attached hydrogen (secondary N) is 1. The van der Waals surface area contributed by atoms with Crippen LogP contribution >= 0.6 is 0 Å². The molecule has 0 aliphatic carbocycles. The minimum Gasteiger partial charge on any atom is -0.313 e. The first-order valence-electron chi connectivity index (χ1n) is 6.35. The second kappa shape index (κ2) is 6.55. The van der Waals surface area contributed by atoms with E-state index < -0.39 is 0 Å². The van der Waals surface area contributed by atoms with Gasteiger partial charge in [-0.15, -0.1) is 0 Å². The molecule has 0 aliphatic heterocycles. The number of rotatable bonds is 6. The molecule has 0 saturated carbocycles. The molecule has 94 valence electrons. The van der Waals surface area contributed by atoms with Gasteiger partial charge in [0.15, 0.2) is 0 Å². The SMILES string of the molecule is CCC(C)c1ccc(C(CC(C)=O)NC)cc1. The third kappa shape index (κ3) is 3.97. The summed E-state index contributed by atoms with van der Waals surface area (Å²) in [5, 5.41) is 3.19. The summed E-state index contributed by atoms with van der Waals surface area (Å²) in [4.78, 5) is 11.2. The quantitative estimate of drug-likeness (QED) is 0.815. The van der Waals surface area contributed by atoms with Crippen molar-refractivity contribution in [2.24, 2.45) is 0 Å². The minimum absolute atomic E-state index is 0.137. The Balaban J connectivity index is 2.81. The van der Waals surface area contributed by atoms with Crippen molar-refractivity contribution in [2.45, 2.75) is 45.6 Å². The lowest BCUT2D eigenvalue weighted by atomic mass is 9.95. The second-order valence-electron chi connectivity index (χ2n) is 4.72. The Bertz CT molecular complexity index is 356. The fraction of sp³-hybridized carbons (Fsp3) is 0.533. The number of hydrogen-bond donors (Lipinski definition) is 1. The lowest BCUT2D eigenvalue weighted by Gasteiger charge is -2.16. The van der Waals surface area contributed by atoms with Crippen LogP contribution in [0.4, 0.5) is 0 Å². The molecule has 0 saturated heterocycles. The maximum absolute atomic E-state index is 11.2. The molecule has 2 atom stereocenters. The highest BCUT2D eigenvalue weighted by Gasteiger charge is 2.12. The summed E-state index contributed by atoms with van der Waals surface area (Å²) in [5.74, 6) is 0.820. The smallest absolute Gasteiger partial charge is 0.131 e. The fourth-order valence-corrected chi connectivity index (χ4v) is 1.97. The number of carbonyl (C=O) groups excluding carboxylic acids is 1. The van der Waals surface area contributed by atoms with Gasteiger partial charge < -0.3 is 5.32 Å². The van der Waals surface area contributed by atoms with Crippen LogP contribution in [0.25, 0.3) is 0 Å². The van der Waals surface area contributed by atoms with E-state index >= 15 is 0 Å². The molecular weight excluding hydrogens is 210 g/mol. The zero-order valence-corrected chi connectivity index (χ0v) is 11.3. The van der Waals surface area contributed by atoms with E-state index in [1.54, 1.807) is 6.92 Å². The lowest BCUT2D eigenvalue weighted by Crippen LogP contribution is -2.18. The van der Waals surface area contributed by atoms with Crippen LogP contribution in [0.2, 0.25) is 0 Å². The molecule has 0 bridgehead atoms. The maximum Gasteiger partial charge on any atom is 0.131 e. The van der Waals surface area contributed by atoms with Crippen molar-refractivity contribution < 1.29 is 4.79 Å². The zero-order valence-electron chi connectivity index (χ0n) is 11.3. The van der Waals surface area contributed by atoms with Crippen LogP contribution in [0.3, 0.4) is 0 Å². The Hall–Kier alpha value is -1.15. The van der Waals surface area contributed by atoms with Gasteiger partial charge in [0, 0.05) is 12.5 Å². The van der Waals surface area contributed by atoms with E-state index in [-0.39, 0.29) is 11.8 Å². The summed E-state index contributed by atoms with van der Waals surface area (Å²) in [7, 11) is 1.90. The first kappa shape index (κ1) is 13.9. The van der Waals surface area contributed by atoms with Gasteiger partial charge in [0.25, 0.3) is 0 Å². The van der Waals surface area contributed by atoms with Crippen LogP contribution in [-0.2, 0) is 4.79 Å². The Morgan fingerprint density at radius 2 is 1.76 bits per heavy atom. The largest absolute Gasteiger partial charge is 0.313 e. The van der Waals surface area contributed by atoms with E-state index in [1.165, 1.54) is 11.1 Å². The number of hydrogen-bond acceptors (Lipinski definition) is 2. The highest BCUT2D eigenvalue weighted by atomic mass is 16.1. The summed E-state index contributed by atoms with van der Waals surface area (Å²) in [6, 6.07) is 8.75. The van der Waals surface area contributed by atoms with Crippen molar-refractivity contribution in [2.75, 3.05) is 7.05 Å². The molecule has 2 nitrogen and oxygen atoms in total. The maximum atomic E-state index is 11.2. The van der Waals surface area contributed by atoms with E-state index in [0.717, 1.165) is 6.42 Å². The van der Waals surface area contributed by atoms with Gasteiger partial charge in [-0.25, -0.2) is 0 Å². The summed E-state index contributed by atoms with van der Waals surface area (Å²) < 4.78 is 0. The van der Waals surface area contributed by atoms with E-state index in [1.807, 2.05) is 7.05 Å². The Morgan fingerprint density at radius 1 is 1.24 bits per heavy atom. The van der Waals surface area contributed by atoms with Crippen molar-refractivity contribution >= 4 is 5.78 Å². The molecule has 1 rings (SSSR count). The molecular formula is C15H23NO. The predicted octanol–water partition coefficient (Wildman–Crippen LogP) is 3.44. The predicted molar refractivity (Wildman–Crippen MR) is 72.2 cm³/mol. The van der Waals surface area contributed by atoms with E-state index in [0.29, 0.717) is 12.3 Å². The molecule has 1 N–H and O–H groups in total. The van der Waals surface area contributed by atoms with Gasteiger partial charge in [-0.2, -0.15) is 0 Å². The lowest BCUT2D eigenvalue weighted by molar-refractivity contribution is -0.117. The molecule has 0 spiro atoms. The summed E-state index contributed by atoms with van der Waals surface area (Å²) in [6.07, 6.45) is 1.71. The van der Waals surface area contributed by atoms with Crippen LogP contribution < -0.4 is 5.32 Å². The average Bonchev–Trinajstić information content (AvgIpc) is 2.35. The Morgan fingerprint density at radius 3 is 2.18 bits per heavy atom. The van der Waals surface area contributed by atoms with Crippen molar-refractivity contribution in [3.63, 3.8) is 0 Å². The third-order valence-corrected chi connectivity index (χ3v) is 3.36. The molecule has 1 aromatic rings. The molecule has 0 heterocycles. The van der Waals surface area contributed by atoms with Gasteiger partial charge >= 0.3 is 0 Å². The zero-order chi connectivity index (χ0) is 12.8. The van der Waals surface area contributed by atoms with Crippen molar-refractivity contribution in [1.82, 2.24) is 5.32 Å². The summed E-state index contributed by atoms with van der Waals surface area (Å²) in [6.45, 7) is 6.07. The molecule has 0 amide bonds. The fourth-order valence-electron chi connectivity index (χ4n) is 1.97. The van der Waals surface area contributed by atoms with E-state index in [2.05, 4.69) is 43.4 Å². The average molecular weight is 233 g/mol. The van der Waals surface area contributed by atoms with Gasteiger partial charge in [-0.05, 0) is 37.4 Å². The van der Waals surface area contributed by atoms with Crippen molar-refractivity contribution in [1.29, 1.82) is 0 Å². The van der Waals surface area contributed by atoms with Gasteiger partial charge in [-0.3, -0.25) is 4.79 Å². The normalized spacial score (nSPS) is 14.4. The molecule has 2 unspecified atom stereocenters. The van der Waals surface area contributed by atoms with Crippen molar-refractivity contribution in [3.05, 3.63) is 35.4 Å². The van der Waals surface area contributed by atoms with E-state index in [9.17, 15) is 4.79 Å². The number of benzene rings is 1. The second-order valence-corrected chi connectivity index (χ2v) is 4.72. The standard InChI is InChI=1S/C15H23NO/c1-5-11(2)13-6-8-14(9-7-13)15(16-4)10-12(3)17/h6-9,11,15-16H,5,10H2,1-4H3. The van der Waals surface area contributed by atoms with Crippen LogP contribution in [-0.4, -0.2) is 12.8 Å². The van der Waals surface area contributed by atoms with Gasteiger partial charge in [0.1, 0.15) is 5.78 Å². The number of carbonyl (C=O) groups is 1. The molecule has 1 aromatic carbocycles. The Labute approximate surface area is 104 Å². The highest BCUT2D eigenvalue weighted by molar-refractivity contribution is 5.76. The van der Waals surface area contributed by atoms with Crippen molar-refractivity contribution in [3.8, 4) is 0 Å². The van der Waals surface area contributed by atoms with Gasteiger partial charge in [-0.1, -0.05) is 38.1 Å². The topological polar surface area (TPSA) is 29.1 Å². The molecule has 0 radical (unpaired) electrons.